The molecule has 366 valence electrons. The van der Waals surface area contributed by atoms with Gasteiger partial charge < -0.3 is 14.2 Å². The highest BCUT2D eigenvalue weighted by molar-refractivity contribution is 5.71. The highest BCUT2D eigenvalue weighted by Gasteiger charge is 2.19. The first-order valence-electron chi connectivity index (χ1n) is 27.1. The molecule has 0 rings (SSSR count). The predicted octanol–water partition coefficient (Wildman–Crippen LogP) is 17.9. The smallest absolute Gasteiger partial charge is 0.306 e. The van der Waals surface area contributed by atoms with Crippen molar-refractivity contribution in [3.8, 4) is 0 Å². The summed E-state index contributed by atoms with van der Waals surface area (Å²) in [5.74, 6) is -0.937. The van der Waals surface area contributed by atoms with E-state index in [0.717, 1.165) is 57.8 Å². The maximum Gasteiger partial charge on any atom is 0.306 e. The van der Waals surface area contributed by atoms with Crippen LogP contribution in [0, 0.1) is 0 Å². The van der Waals surface area contributed by atoms with Crippen molar-refractivity contribution < 1.29 is 28.6 Å². The third-order valence-corrected chi connectivity index (χ3v) is 11.8. The van der Waals surface area contributed by atoms with Gasteiger partial charge in [-0.25, -0.2) is 0 Å². The first kappa shape index (κ1) is 60.4. The molecule has 0 radical (unpaired) electrons. The van der Waals surface area contributed by atoms with E-state index in [2.05, 4.69) is 69.4 Å². The summed E-state index contributed by atoms with van der Waals surface area (Å²) in [6.07, 6.45) is 62.4. The monoisotopic (exact) mass is 883 g/mol. The number of esters is 3. The number of carbonyl (C=O) groups is 3. The lowest BCUT2D eigenvalue weighted by Gasteiger charge is -2.18. The lowest BCUT2D eigenvalue weighted by atomic mass is 10.0. The molecule has 0 aliphatic carbocycles. The first-order valence-corrected chi connectivity index (χ1v) is 27.1. The summed E-state index contributed by atoms with van der Waals surface area (Å²) in [4.78, 5) is 38.0. The molecule has 0 aromatic heterocycles. The van der Waals surface area contributed by atoms with Crippen molar-refractivity contribution in [2.24, 2.45) is 0 Å². The number of carbonyl (C=O) groups excluding carboxylic acids is 3. The summed E-state index contributed by atoms with van der Waals surface area (Å²) in [6, 6.07) is 0. The standard InChI is InChI=1S/C57H102O6/c1-4-7-10-13-16-19-22-25-27-28-30-33-35-38-41-44-47-50-56(59)62-53-54(63-57(60)51-48-45-42-39-36-31-24-21-18-15-12-9-6-3)52-61-55(58)49-46-43-40-37-34-32-29-26-23-20-17-14-11-8-5-2/h20,23,25,27,30,33,38,41,54H,4-19,21-22,24,26,28-29,31-32,34-37,39-40,42-53H2,1-3H3/b23-20-,27-25-,33-30-,41-38-/t54-/m0/s1. The van der Waals surface area contributed by atoms with Crippen LogP contribution in [0.1, 0.15) is 278 Å². The van der Waals surface area contributed by atoms with Crippen molar-refractivity contribution in [3.05, 3.63) is 48.6 Å². The van der Waals surface area contributed by atoms with Crippen LogP contribution < -0.4 is 0 Å². The highest BCUT2D eigenvalue weighted by atomic mass is 16.6. The lowest BCUT2D eigenvalue weighted by molar-refractivity contribution is -0.167. The molecule has 0 aliphatic heterocycles. The number of unbranched alkanes of at least 4 members (excludes halogenated alkanes) is 30. The molecule has 0 amide bonds. The van der Waals surface area contributed by atoms with E-state index in [0.29, 0.717) is 25.7 Å². The minimum Gasteiger partial charge on any atom is -0.462 e. The minimum absolute atomic E-state index is 0.0885. The Morgan fingerprint density at radius 3 is 0.984 bits per heavy atom. The van der Waals surface area contributed by atoms with E-state index in [1.54, 1.807) is 0 Å². The summed E-state index contributed by atoms with van der Waals surface area (Å²) in [5, 5.41) is 0. The van der Waals surface area contributed by atoms with Crippen molar-refractivity contribution in [1.29, 1.82) is 0 Å². The fraction of sp³-hybridized carbons (Fsp3) is 0.807. The highest BCUT2D eigenvalue weighted by Crippen LogP contribution is 2.15. The molecule has 1 atom stereocenters. The summed E-state index contributed by atoms with van der Waals surface area (Å²) in [5.41, 5.74) is 0. The van der Waals surface area contributed by atoms with Crippen LogP contribution in [0.2, 0.25) is 0 Å². The Morgan fingerprint density at radius 1 is 0.317 bits per heavy atom. The van der Waals surface area contributed by atoms with Crippen LogP contribution in [0.3, 0.4) is 0 Å². The van der Waals surface area contributed by atoms with Crippen LogP contribution in [0.15, 0.2) is 48.6 Å². The molecule has 0 heterocycles. The Bertz CT molecular complexity index is 1110. The van der Waals surface area contributed by atoms with Gasteiger partial charge in [0.05, 0.1) is 0 Å². The lowest BCUT2D eigenvalue weighted by Crippen LogP contribution is -2.30. The number of hydrogen-bond donors (Lipinski definition) is 0. The molecular weight excluding hydrogens is 781 g/mol. The number of allylic oxidation sites excluding steroid dienone is 8. The number of hydrogen-bond acceptors (Lipinski definition) is 6. The van der Waals surface area contributed by atoms with E-state index in [9.17, 15) is 14.4 Å². The van der Waals surface area contributed by atoms with Crippen LogP contribution >= 0.6 is 0 Å². The average molecular weight is 883 g/mol. The maximum absolute atomic E-state index is 12.8. The SMILES string of the molecule is CCCCCC/C=C\CCCCCCCCCC(=O)OC[C@@H](COC(=O)CCC/C=C\C/C=C\C/C=C\CCCCCCCC)OC(=O)CCCCCCCCCCCCCCC. The topological polar surface area (TPSA) is 78.9 Å². The molecule has 0 spiro atoms. The zero-order valence-corrected chi connectivity index (χ0v) is 41.8. The van der Waals surface area contributed by atoms with Crippen molar-refractivity contribution in [2.75, 3.05) is 13.2 Å². The molecule has 0 saturated carbocycles. The molecule has 0 bridgehead atoms. The van der Waals surface area contributed by atoms with E-state index in [-0.39, 0.29) is 31.1 Å². The molecule has 6 nitrogen and oxygen atoms in total. The Hall–Kier alpha value is -2.63. The summed E-state index contributed by atoms with van der Waals surface area (Å²) >= 11 is 0. The average Bonchev–Trinajstić information content (AvgIpc) is 3.28. The van der Waals surface area contributed by atoms with Crippen molar-refractivity contribution in [2.45, 2.75) is 284 Å². The summed E-state index contributed by atoms with van der Waals surface area (Å²) in [7, 11) is 0. The van der Waals surface area contributed by atoms with Gasteiger partial charge in [-0.3, -0.25) is 14.4 Å². The molecular formula is C57H102O6. The Balaban J connectivity index is 4.43. The molecule has 0 aliphatic rings. The fourth-order valence-electron chi connectivity index (χ4n) is 7.69. The molecule has 6 heteroatoms. The third kappa shape index (κ3) is 50.2. The fourth-order valence-corrected chi connectivity index (χ4v) is 7.69. The van der Waals surface area contributed by atoms with E-state index in [1.807, 2.05) is 0 Å². The van der Waals surface area contributed by atoms with E-state index < -0.39 is 6.10 Å². The van der Waals surface area contributed by atoms with Gasteiger partial charge in [-0.1, -0.05) is 230 Å². The molecule has 0 fully saturated rings. The van der Waals surface area contributed by atoms with Gasteiger partial charge in [0.25, 0.3) is 0 Å². The van der Waals surface area contributed by atoms with Crippen molar-refractivity contribution in [1.82, 2.24) is 0 Å². The van der Waals surface area contributed by atoms with Gasteiger partial charge in [-0.15, -0.1) is 0 Å². The van der Waals surface area contributed by atoms with Gasteiger partial charge in [-0.2, -0.15) is 0 Å². The third-order valence-electron chi connectivity index (χ3n) is 11.8. The van der Waals surface area contributed by atoms with Gasteiger partial charge in [0.15, 0.2) is 6.10 Å². The Labute approximate surface area is 390 Å². The largest absolute Gasteiger partial charge is 0.462 e. The van der Waals surface area contributed by atoms with E-state index in [1.165, 1.54) is 173 Å². The second-order valence-corrected chi connectivity index (χ2v) is 18.1. The van der Waals surface area contributed by atoms with Gasteiger partial charge in [0.2, 0.25) is 0 Å². The zero-order chi connectivity index (χ0) is 45.8. The second-order valence-electron chi connectivity index (χ2n) is 18.1. The molecule has 0 N–H and O–H groups in total. The van der Waals surface area contributed by atoms with Gasteiger partial charge in [-0.05, 0) is 77.0 Å². The van der Waals surface area contributed by atoms with E-state index >= 15 is 0 Å². The number of rotatable bonds is 49. The van der Waals surface area contributed by atoms with Crippen LogP contribution in [0.4, 0.5) is 0 Å². The Kier molecular flexibility index (Phi) is 49.8. The van der Waals surface area contributed by atoms with Gasteiger partial charge in [0.1, 0.15) is 13.2 Å². The van der Waals surface area contributed by atoms with Crippen molar-refractivity contribution in [3.63, 3.8) is 0 Å². The van der Waals surface area contributed by atoms with Crippen LogP contribution in [-0.2, 0) is 28.6 Å². The second kappa shape index (κ2) is 52.0. The van der Waals surface area contributed by atoms with Crippen LogP contribution in [0.25, 0.3) is 0 Å². The minimum atomic E-state index is -0.791. The Morgan fingerprint density at radius 2 is 0.587 bits per heavy atom. The van der Waals surface area contributed by atoms with Crippen LogP contribution in [-0.4, -0.2) is 37.2 Å². The van der Waals surface area contributed by atoms with Crippen LogP contribution in [0.5, 0.6) is 0 Å². The summed E-state index contributed by atoms with van der Waals surface area (Å²) in [6.45, 7) is 6.59. The predicted molar refractivity (Wildman–Crippen MR) is 270 cm³/mol. The van der Waals surface area contributed by atoms with Gasteiger partial charge in [0, 0.05) is 19.3 Å². The quantitative estimate of drug-likeness (QED) is 0.0262. The normalized spacial score (nSPS) is 12.4. The van der Waals surface area contributed by atoms with Gasteiger partial charge >= 0.3 is 17.9 Å². The first-order chi connectivity index (χ1) is 31.0. The summed E-state index contributed by atoms with van der Waals surface area (Å²) < 4.78 is 16.8. The molecule has 0 aromatic rings. The molecule has 0 aromatic carbocycles. The maximum atomic E-state index is 12.8. The molecule has 63 heavy (non-hydrogen) atoms. The zero-order valence-electron chi connectivity index (χ0n) is 41.8. The van der Waals surface area contributed by atoms with E-state index in [4.69, 9.17) is 14.2 Å². The molecule has 0 saturated heterocycles. The molecule has 0 unspecified atom stereocenters. The van der Waals surface area contributed by atoms with Crippen molar-refractivity contribution >= 4 is 17.9 Å². The number of ether oxygens (including phenoxy) is 3.